The highest BCUT2D eigenvalue weighted by molar-refractivity contribution is 8.01. The van der Waals surface area contributed by atoms with Crippen molar-refractivity contribution in [2.45, 2.75) is 22.4 Å². The molecule has 2 heterocycles. The van der Waals surface area contributed by atoms with E-state index in [1.54, 1.807) is 11.8 Å². The van der Waals surface area contributed by atoms with Gasteiger partial charge in [-0.3, -0.25) is 4.79 Å². The second-order valence-corrected chi connectivity index (χ2v) is 5.68. The van der Waals surface area contributed by atoms with Crippen LogP contribution in [0.25, 0.3) is 0 Å². The molecule has 1 aliphatic heterocycles. The Morgan fingerprint density at radius 2 is 2.67 bits per heavy atom. The van der Waals surface area contributed by atoms with Gasteiger partial charge in [-0.2, -0.15) is 0 Å². The number of rotatable bonds is 4. The molecule has 1 aromatic rings. The predicted octanol–water partition coefficient (Wildman–Crippen LogP) is 1.65. The van der Waals surface area contributed by atoms with Crippen molar-refractivity contribution in [3.63, 3.8) is 0 Å². The van der Waals surface area contributed by atoms with E-state index in [1.165, 1.54) is 11.3 Å². The summed E-state index contributed by atoms with van der Waals surface area (Å²) in [5, 5.41) is 10.9. The number of aliphatic carboxylic acids is 1. The standard InChI is InChI=1S/C9H11NO3S2/c11-8(12)3-6-5-14-9(10-6)15-7-1-2-13-4-7/h5,7H,1-4H2,(H,11,12). The third-order valence-electron chi connectivity index (χ3n) is 2.02. The number of hydrogen-bond acceptors (Lipinski definition) is 5. The summed E-state index contributed by atoms with van der Waals surface area (Å²) in [5.41, 5.74) is 0.647. The van der Waals surface area contributed by atoms with E-state index in [2.05, 4.69) is 4.98 Å². The van der Waals surface area contributed by atoms with E-state index >= 15 is 0 Å². The van der Waals surface area contributed by atoms with E-state index < -0.39 is 5.97 Å². The summed E-state index contributed by atoms with van der Waals surface area (Å²) in [5.74, 6) is -0.832. The highest BCUT2D eigenvalue weighted by Crippen LogP contribution is 2.30. The average molecular weight is 245 g/mol. The maximum atomic E-state index is 10.5. The van der Waals surface area contributed by atoms with Crippen LogP contribution >= 0.6 is 23.1 Å². The molecule has 1 atom stereocenters. The summed E-state index contributed by atoms with van der Waals surface area (Å²) in [7, 11) is 0. The van der Waals surface area contributed by atoms with Gasteiger partial charge in [-0.25, -0.2) is 4.98 Å². The van der Waals surface area contributed by atoms with Gasteiger partial charge in [0.05, 0.1) is 18.7 Å². The average Bonchev–Trinajstić information content (AvgIpc) is 2.77. The number of thioether (sulfide) groups is 1. The van der Waals surface area contributed by atoms with E-state index in [-0.39, 0.29) is 6.42 Å². The van der Waals surface area contributed by atoms with Gasteiger partial charge in [0.15, 0.2) is 0 Å². The van der Waals surface area contributed by atoms with Crippen LogP contribution in [0, 0.1) is 0 Å². The molecular formula is C9H11NO3S2. The molecule has 0 radical (unpaired) electrons. The number of aromatic nitrogens is 1. The van der Waals surface area contributed by atoms with E-state index in [1.807, 2.05) is 5.38 Å². The summed E-state index contributed by atoms with van der Waals surface area (Å²) in [6, 6.07) is 0. The largest absolute Gasteiger partial charge is 0.481 e. The number of ether oxygens (including phenoxy) is 1. The van der Waals surface area contributed by atoms with Gasteiger partial charge in [-0.05, 0) is 6.42 Å². The normalized spacial score (nSPS) is 20.7. The zero-order chi connectivity index (χ0) is 10.7. The van der Waals surface area contributed by atoms with Crippen LogP contribution in [0.5, 0.6) is 0 Å². The number of carboxylic acids is 1. The molecule has 1 unspecified atom stereocenters. The Bertz CT molecular complexity index is 347. The maximum absolute atomic E-state index is 10.5. The molecule has 15 heavy (non-hydrogen) atoms. The minimum absolute atomic E-state index is 0.0121. The number of nitrogens with zero attached hydrogens (tertiary/aromatic N) is 1. The lowest BCUT2D eigenvalue weighted by Gasteiger charge is -2.02. The zero-order valence-corrected chi connectivity index (χ0v) is 9.64. The van der Waals surface area contributed by atoms with Crippen LogP contribution in [0.15, 0.2) is 9.72 Å². The third kappa shape index (κ3) is 3.19. The molecule has 82 valence electrons. The Kier molecular flexibility index (Phi) is 3.61. The Morgan fingerprint density at radius 3 is 3.33 bits per heavy atom. The lowest BCUT2D eigenvalue weighted by Crippen LogP contribution is -2.01. The molecule has 6 heteroatoms. The summed E-state index contributed by atoms with van der Waals surface area (Å²) < 4.78 is 6.21. The summed E-state index contributed by atoms with van der Waals surface area (Å²) >= 11 is 3.20. The van der Waals surface area contributed by atoms with Crippen LogP contribution < -0.4 is 0 Å². The van der Waals surface area contributed by atoms with Crippen molar-refractivity contribution in [3.05, 3.63) is 11.1 Å². The van der Waals surface area contributed by atoms with E-state index in [0.29, 0.717) is 10.9 Å². The molecule has 0 bridgehead atoms. The van der Waals surface area contributed by atoms with Crippen LogP contribution in [0.1, 0.15) is 12.1 Å². The Hall–Kier alpha value is -0.590. The van der Waals surface area contributed by atoms with Crippen molar-refractivity contribution in [1.82, 2.24) is 4.98 Å². The van der Waals surface area contributed by atoms with E-state index in [9.17, 15) is 4.79 Å². The van der Waals surface area contributed by atoms with E-state index in [4.69, 9.17) is 9.84 Å². The quantitative estimate of drug-likeness (QED) is 0.874. The molecule has 0 amide bonds. The van der Waals surface area contributed by atoms with Crippen molar-refractivity contribution < 1.29 is 14.6 Å². The van der Waals surface area contributed by atoms with Crippen molar-refractivity contribution >= 4 is 29.1 Å². The number of thiazole rings is 1. The van der Waals surface area contributed by atoms with Gasteiger partial charge in [0, 0.05) is 17.2 Å². The van der Waals surface area contributed by atoms with Gasteiger partial charge in [-0.1, -0.05) is 11.8 Å². The summed E-state index contributed by atoms with van der Waals surface area (Å²) in [6.07, 6.45) is 1.07. The number of carboxylic acid groups (broad SMARTS) is 1. The minimum atomic E-state index is -0.832. The molecule has 0 saturated carbocycles. The van der Waals surface area contributed by atoms with E-state index in [0.717, 1.165) is 24.0 Å². The molecule has 0 spiro atoms. The van der Waals surface area contributed by atoms with Crippen molar-refractivity contribution in [3.8, 4) is 0 Å². The molecule has 2 rings (SSSR count). The number of hydrogen-bond donors (Lipinski definition) is 1. The molecule has 1 fully saturated rings. The monoisotopic (exact) mass is 245 g/mol. The molecule has 1 saturated heterocycles. The molecule has 0 aromatic carbocycles. The van der Waals surface area contributed by atoms with Crippen LogP contribution in [-0.2, 0) is 16.0 Å². The lowest BCUT2D eigenvalue weighted by molar-refractivity contribution is -0.136. The molecule has 1 aromatic heterocycles. The Morgan fingerprint density at radius 1 is 1.80 bits per heavy atom. The summed E-state index contributed by atoms with van der Waals surface area (Å²) in [6.45, 7) is 1.60. The Balaban J connectivity index is 1.91. The maximum Gasteiger partial charge on any atom is 0.309 e. The Labute approximate surface area is 95.7 Å². The second-order valence-electron chi connectivity index (χ2n) is 3.28. The first-order valence-corrected chi connectivity index (χ1v) is 6.40. The zero-order valence-electron chi connectivity index (χ0n) is 8.01. The first-order valence-electron chi connectivity index (χ1n) is 4.64. The highest BCUT2D eigenvalue weighted by Gasteiger charge is 2.18. The fourth-order valence-corrected chi connectivity index (χ4v) is 3.48. The summed E-state index contributed by atoms with van der Waals surface area (Å²) in [4.78, 5) is 14.7. The molecule has 0 aliphatic carbocycles. The van der Waals surface area contributed by atoms with Crippen molar-refractivity contribution in [2.24, 2.45) is 0 Å². The van der Waals surface area contributed by atoms with Gasteiger partial charge in [0.1, 0.15) is 4.34 Å². The van der Waals surface area contributed by atoms with Gasteiger partial charge >= 0.3 is 5.97 Å². The highest BCUT2D eigenvalue weighted by atomic mass is 32.2. The first kappa shape index (κ1) is 10.9. The van der Waals surface area contributed by atoms with Crippen LogP contribution in [0.4, 0.5) is 0 Å². The van der Waals surface area contributed by atoms with Gasteiger partial charge in [0.2, 0.25) is 0 Å². The van der Waals surface area contributed by atoms with Crippen LogP contribution in [0.2, 0.25) is 0 Å². The first-order chi connectivity index (χ1) is 7.24. The fourth-order valence-electron chi connectivity index (χ4n) is 1.33. The fraction of sp³-hybridized carbons (Fsp3) is 0.556. The predicted molar refractivity (Wildman–Crippen MR) is 58.5 cm³/mol. The van der Waals surface area contributed by atoms with Gasteiger partial charge in [0.25, 0.3) is 0 Å². The van der Waals surface area contributed by atoms with Crippen LogP contribution in [-0.4, -0.2) is 34.5 Å². The SMILES string of the molecule is O=C(O)Cc1csc(SC2CCOC2)n1. The molecule has 1 N–H and O–H groups in total. The molecule has 1 aliphatic rings. The van der Waals surface area contributed by atoms with Gasteiger partial charge < -0.3 is 9.84 Å². The van der Waals surface area contributed by atoms with Crippen LogP contribution in [0.3, 0.4) is 0 Å². The lowest BCUT2D eigenvalue weighted by atomic mass is 10.3. The van der Waals surface area contributed by atoms with Crippen molar-refractivity contribution in [1.29, 1.82) is 0 Å². The molecular weight excluding hydrogens is 234 g/mol. The second kappa shape index (κ2) is 4.96. The third-order valence-corrected chi connectivity index (χ3v) is 4.28. The van der Waals surface area contributed by atoms with Gasteiger partial charge in [-0.15, -0.1) is 11.3 Å². The number of carbonyl (C=O) groups is 1. The molecule has 4 nitrogen and oxygen atoms in total. The smallest absolute Gasteiger partial charge is 0.309 e. The minimum Gasteiger partial charge on any atom is -0.481 e. The van der Waals surface area contributed by atoms with Crippen molar-refractivity contribution in [2.75, 3.05) is 13.2 Å². The topological polar surface area (TPSA) is 59.4 Å².